The van der Waals surface area contributed by atoms with Gasteiger partial charge in [-0.25, -0.2) is 4.98 Å². The largest absolute Gasteiger partial charge is 0.380 e. The van der Waals surface area contributed by atoms with Gasteiger partial charge in [0.2, 0.25) is 5.91 Å². The molecule has 1 amide bonds. The van der Waals surface area contributed by atoms with E-state index in [1.807, 2.05) is 25.1 Å². The van der Waals surface area contributed by atoms with Crippen molar-refractivity contribution in [3.8, 4) is 0 Å². The predicted octanol–water partition coefficient (Wildman–Crippen LogP) is 3.00. The Labute approximate surface area is 144 Å². The maximum Gasteiger partial charge on any atom is 0.228 e. The van der Waals surface area contributed by atoms with Gasteiger partial charge < -0.3 is 15.8 Å². The zero-order valence-electron chi connectivity index (χ0n) is 13.1. The molecule has 124 valence electrons. The number of halogens is 1. The maximum atomic E-state index is 11.9. The van der Waals surface area contributed by atoms with Crippen LogP contribution in [-0.4, -0.2) is 30.6 Å². The summed E-state index contributed by atoms with van der Waals surface area (Å²) in [7, 11) is 1.54. The number of benzene rings is 1. The van der Waals surface area contributed by atoms with Gasteiger partial charge in [-0.05, 0) is 24.1 Å². The van der Waals surface area contributed by atoms with E-state index in [1.165, 1.54) is 11.3 Å². The highest BCUT2D eigenvalue weighted by Crippen LogP contribution is 2.24. The summed E-state index contributed by atoms with van der Waals surface area (Å²) < 4.78 is 5.10. The first-order valence-corrected chi connectivity index (χ1v) is 8.43. The lowest BCUT2D eigenvalue weighted by Crippen LogP contribution is -2.28. The molecule has 0 aliphatic rings. The van der Waals surface area contributed by atoms with Crippen molar-refractivity contribution < 1.29 is 9.53 Å². The summed E-state index contributed by atoms with van der Waals surface area (Å²) in [5, 5.41) is 4.11. The van der Waals surface area contributed by atoms with Crippen molar-refractivity contribution in [3.05, 3.63) is 45.4 Å². The Hall–Kier alpha value is -1.47. The van der Waals surface area contributed by atoms with Gasteiger partial charge in [0.25, 0.3) is 0 Å². The summed E-state index contributed by atoms with van der Waals surface area (Å²) >= 11 is 7.59. The summed E-state index contributed by atoms with van der Waals surface area (Å²) in [6.45, 7) is 2.28. The highest BCUT2D eigenvalue weighted by molar-refractivity contribution is 7.15. The van der Waals surface area contributed by atoms with Crippen molar-refractivity contribution in [3.63, 3.8) is 0 Å². The van der Waals surface area contributed by atoms with Gasteiger partial charge >= 0.3 is 0 Å². The second kappa shape index (κ2) is 8.40. The third-order valence-corrected chi connectivity index (χ3v) is 4.74. The molecule has 0 radical (unpaired) electrons. The third kappa shape index (κ3) is 5.28. The van der Waals surface area contributed by atoms with Gasteiger partial charge in [0.15, 0.2) is 5.13 Å². The van der Waals surface area contributed by atoms with Gasteiger partial charge in [0.05, 0.1) is 12.5 Å². The molecule has 1 aromatic heterocycles. The number of carbonyl (C=O) groups excluding carboxylic acids is 1. The SMILES string of the molecule is COC(CN)CC(=O)Nc1ncc(Cc2ccc(C)c(Cl)c2)s1. The van der Waals surface area contributed by atoms with Crippen LogP contribution in [0.5, 0.6) is 0 Å². The van der Waals surface area contributed by atoms with Crippen molar-refractivity contribution in [1.82, 2.24) is 4.98 Å². The molecule has 0 fully saturated rings. The Balaban J connectivity index is 1.95. The summed E-state index contributed by atoms with van der Waals surface area (Å²) in [5.41, 5.74) is 7.68. The van der Waals surface area contributed by atoms with Crippen molar-refractivity contribution in [2.24, 2.45) is 5.73 Å². The minimum Gasteiger partial charge on any atom is -0.380 e. The molecule has 23 heavy (non-hydrogen) atoms. The van der Waals surface area contributed by atoms with Crippen LogP contribution in [0.1, 0.15) is 22.4 Å². The Morgan fingerprint density at radius 2 is 2.30 bits per heavy atom. The molecule has 3 N–H and O–H groups in total. The van der Waals surface area contributed by atoms with E-state index in [0.717, 1.165) is 27.4 Å². The van der Waals surface area contributed by atoms with Crippen LogP contribution in [0.4, 0.5) is 5.13 Å². The number of thiazole rings is 1. The van der Waals surface area contributed by atoms with Crippen molar-refractivity contribution in [2.45, 2.75) is 25.9 Å². The smallest absolute Gasteiger partial charge is 0.228 e. The summed E-state index contributed by atoms with van der Waals surface area (Å²) in [6.07, 6.45) is 2.45. The van der Waals surface area contributed by atoms with E-state index in [9.17, 15) is 4.79 Å². The van der Waals surface area contributed by atoms with E-state index in [2.05, 4.69) is 10.3 Å². The molecule has 0 saturated carbocycles. The number of amides is 1. The Kier molecular flexibility index (Phi) is 6.53. The van der Waals surface area contributed by atoms with Crippen LogP contribution < -0.4 is 11.1 Å². The van der Waals surface area contributed by atoms with Gasteiger partial charge in [0.1, 0.15) is 0 Å². The average molecular weight is 354 g/mol. The molecule has 2 rings (SSSR count). The summed E-state index contributed by atoms with van der Waals surface area (Å²) in [6, 6.07) is 6.00. The van der Waals surface area contributed by atoms with E-state index < -0.39 is 0 Å². The molecule has 7 heteroatoms. The van der Waals surface area contributed by atoms with E-state index in [1.54, 1.807) is 13.3 Å². The van der Waals surface area contributed by atoms with E-state index in [-0.39, 0.29) is 18.4 Å². The van der Waals surface area contributed by atoms with Gasteiger partial charge in [-0.1, -0.05) is 23.7 Å². The Morgan fingerprint density at radius 3 is 2.96 bits per heavy atom. The number of hydrogen-bond acceptors (Lipinski definition) is 5. The van der Waals surface area contributed by atoms with Gasteiger partial charge in [0, 0.05) is 36.2 Å². The summed E-state index contributed by atoms with van der Waals surface area (Å²) in [4.78, 5) is 17.2. The van der Waals surface area contributed by atoms with Crippen LogP contribution in [0.3, 0.4) is 0 Å². The fourth-order valence-corrected chi connectivity index (χ4v) is 3.10. The van der Waals surface area contributed by atoms with Crippen LogP contribution in [0.25, 0.3) is 0 Å². The Morgan fingerprint density at radius 1 is 1.52 bits per heavy atom. The number of methoxy groups -OCH3 is 1. The van der Waals surface area contributed by atoms with Gasteiger partial charge in [-0.15, -0.1) is 11.3 Å². The molecule has 0 spiro atoms. The molecule has 1 atom stereocenters. The first-order chi connectivity index (χ1) is 11.0. The first kappa shape index (κ1) is 17.9. The number of nitrogens with two attached hydrogens (primary N) is 1. The van der Waals surface area contributed by atoms with Crippen molar-refractivity contribution in [2.75, 3.05) is 19.0 Å². The second-order valence-electron chi connectivity index (χ2n) is 5.24. The van der Waals surface area contributed by atoms with Crippen molar-refractivity contribution >= 4 is 34.0 Å². The van der Waals surface area contributed by atoms with Crippen LogP contribution in [-0.2, 0) is 16.0 Å². The fourth-order valence-electron chi connectivity index (χ4n) is 2.03. The number of carbonyl (C=O) groups is 1. The third-order valence-electron chi connectivity index (χ3n) is 3.42. The van der Waals surface area contributed by atoms with Crippen LogP contribution in [0.15, 0.2) is 24.4 Å². The molecule has 1 unspecified atom stereocenters. The second-order valence-corrected chi connectivity index (χ2v) is 6.76. The summed E-state index contributed by atoms with van der Waals surface area (Å²) in [5.74, 6) is -0.151. The molecular weight excluding hydrogens is 334 g/mol. The van der Waals surface area contributed by atoms with Gasteiger partial charge in [-0.3, -0.25) is 4.79 Å². The normalized spacial score (nSPS) is 12.2. The number of nitrogens with zero attached hydrogens (tertiary/aromatic N) is 1. The molecule has 0 saturated heterocycles. The lowest BCUT2D eigenvalue weighted by molar-refractivity contribution is -0.118. The van der Waals surface area contributed by atoms with Crippen molar-refractivity contribution in [1.29, 1.82) is 0 Å². The number of aromatic nitrogens is 1. The highest BCUT2D eigenvalue weighted by atomic mass is 35.5. The molecule has 0 aliphatic carbocycles. The van der Waals surface area contributed by atoms with E-state index in [0.29, 0.717) is 11.7 Å². The molecule has 1 heterocycles. The number of aryl methyl sites for hydroxylation is 1. The average Bonchev–Trinajstić information content (AvgIpc) is 2.95. The quantitative estimate of drug-likeness (QED) is 0.802. The van der Waals surface area contributed by atoms with Crippen LogP contribution >= 0.6 is 22.9 Å². The standard InChI is InChI=1S/C16H20ClN3O2S/c1-10-3-4-11(6-14(10)17)5-13-9-19-16(23-13)20-15(21)7-12(8-18)22-2/h3-4,6,9,12H,5,7-8,18H2,1-2H3,(H,19,20,21). The van der Waals surface area contributed by atoms with Crippen LogP contribution in [0.2, 0.25) is 5.02 Å². The molecule has 0 bridgehead atoms. The molecule has 5 nitrogen and oxygen atoms in total. The monoisotopic (exact) mass is 353 g/mol. The number of rotatable bonds is 7. The molecular formula is C16H20ClN3O2S. The fraction of sp³-hybridized carbons (Fsp3) is 0.375. The van der Waals surface area contributed by atoms with Gasteiger partial charge in [-0.2, -0.15) is 0 Å². The number of hydrogen-bond donors (Lipinski definition) is 2. The topological polar surface area (TPSA) is 77.2 Å². The van der Waals surface area contributed by atoms with E-state index >= 15 is 0 Å². The maximum absolute atomic E-state index is 11.9. The Bertz CT molecular complexity index is 671. The van der Waals surface area contributed by atoms with Crippen LogP contribution in [0, 0.1) is 6.92 Å². The minimum atomic E-state index is -0.274. The van der Waals surface area contributed by atoms with E-state index in [4.69, 9.17) is 22.1 Å². The number of ether oxygens (including phenoxy) is 1. The highest BCUT2D eigenvalue weighted by Gasteiger charge is 2.13. The zero-order valence-corrected chi connectivity index (χ0v) is 14.7. The molecule has 2 aromatic rings. The number of nitrogens with one attached hydrogen (secondary N) is 1. The lowest BCUT2D eigenvalue weighted by Gasteiger charge is -2.11. The molecule has 0 aliphatic heterocycles. The number of anilines is 1. The predicted molar refractivity (Wildman–Crippen MR) is 94.2 cm³/mol. The lowest BCUT2D eigenvalue weighted by atomic mass is 10.1. The minimum absolute atomic E-state index is 0.151. The first-order valence-electron chi connectivity index (χ1n) is 7.24. The molecule has 1 aromatic carbocycles. The zero-order chi connectivity index (χ0) is 16.8.